The fraction of sp³-hybridized carbons (Fsp3) is 0.471. The molecule has 3 rings (SSSR count). The maximum absolute atomic E-state index is 12.4. The quantitative estimate of drug-likeness (QED) is 0.690. The molecule has 2 unspecified atom stereocenters. The number of nitrogens with one attached hydrogen (secondary N) is 3. The minimum Gasteiger partial charge on any atom is -0.351 e. The number of aromatic nitrogens is 2. The van der Waals surface area contributed by atoms with E-state index in [2.05, 4.69) is 15.6 Å². The third-order valence-electron chi connectivity index (χ3n) is 4.58. The fourth-order valence-corrected chi connectivity index (χ4v) is 3.37. The number of nitrogens with zero attached hydrogens (tertiary/aromatic N) is 1. The highest BCUT2D eigenvalue weighted by atomic mass is 35.5. The third-order valence-corrected chi connectivity index (χ3v) is 4.95. The van der Waals surface area contributed by atoms with Crippen molar-refractivity contribution >= 4 is 28.4 Å². The van der Waals surface area contributed by atoms with Gasteiger partial charge in [-0.3, -0.25) is 14.2 Å². The summed E-state index contributed by atoms with van der Waals surface area (Å²) in [6.07, 6.45) is 1.76. The summed E-state index contributed by atoms with van der Waals surface area (Å²) in [6.45, 7) is 2.29. The number of rotatable bonds is 4. The van der Waals surface area contributed by atoms with Gasteiger partial charge in [0.15, 0.2) is 0 Å². The molecule has 1 aromatic heterocycles. The Morgan fingerprint density at radius 1 is 1.36 bits per heavy atom. The van der Waals surface area contributed by atoms with Crippen LogP contribution >= 0.6 is 11.6 Å². The van der Waals surface area contributed by atoms with Crippen molar-refractivity contribution in [3.63, 3.8) is 0 Å². The zero-order valence-electron chi connectivity index (χ0n) is 13.9. The van der Waals surface area contributed by atoms with E-state index in [0.717, 1.165) is 17.4 Å². The minimum absolute atomic E-state index is 0.119. The van der Waals surface area contributed by atoms with Crippen LogP contribution in [0.5, 0.6) is 0 Å². The number of fused-ring (bicyclic) bond motifs is 1. The number of aromatic amines is 1. The van der Waals surface area contributed by atoms with Gasteiger partial charge in [0.05, 0.1) is 10.9 Å². The molecular formula is C17H21ClN4O3. The number of para-hydroxylation sites is 1. The van der Waals surface area contributed by atoms with Gasteiger partial charge in [0.2, 0.25) is 5.91 Å². The summed E-state index contributed by atoms with van der Waals surface area (Å²) in [6, 6.07) is 6.74. The van der Waals surface area contributed by atoms with E-state index in [-0.39, 0.29) is 29.9 Å². The van der Waals surface area contributed by atoms with Crippen molar-refractivity contribution < 1.29 is 4.79 Å². The Bertz CT molecular complexity index is 883. The molecule has 3 atom stereocenters. The number of hydrogen-bond acceptors (Lipinski definition) is 4. The number of carbonyl (C=O) groups is 1. The molecule has 0 saturated carbocycles. The van der Waals surface area contributed by atoms with Crippen molar-refractivity contribution in [1.29, 1.82) is 0 Å². The molecule has 134 valence electrons. The van der Waals surface area contributed by atoms with Crippen LogP contribution in [0.15, 0.2) is 33.9 Å². The Balaban J connectivity index is 1.72. The van der Waals surface area contributed by atoms with Crippen LogP contribution in [0, 0.1) is 0 Å². The van der Waals surface area contributed by atoms with Crippen molar-refractivity contribution in [3.05, 3.63) is 45.1 Å². The second-order valence-corrected chi connectivity index (χ2v) is 7.03. The molecule has 1 amide bonds. The first kappa shape index (κ1) is 17.7. The van der Waals surface area contributed by atoms with E-state index in [0.29, 0.717) is 17.4 Å². The summed E-state index contributed by atoms with van der Waals surface area (Å²) >= 11 is 6.06. The van der Waals surface area contributed by atoms with Gasteiger partial charge in [0.25, 0.3) is 5.56 Å². The third kappa shape index (κ3) is 3.93. The molecule has 8 heteroatoms. The lowest BCUT2D eigenvalue weighted by molar-refractivity contribution is -0.122. The number of halogens is 1. The van der Waals surface area contributed by atoms with Crippen molar-refractivity contribution in [3.8, 4) is 0 Å². The molecule has 7 nitrogen and oxygen atoms in total. The molecule has 1 aromatic carbocycles. The zero-order chi connectivity index (χ0) is 18.0. The van der Waals surface area contributed by atoms with Gasteiger partial charge in [-0.05, 0) is 31.9 Å². The second-order valence-electron chi connectivity index (χ2n) is 6.41. The van der Waals surface area contributed by atoms with E-state index in [1.165, 1.54) is 0 Å². The smallest absolute Gasteiger partial charge is 0.329 e. The Labute approximate surface area is 149 Å². The maximum atomic E-state index is 12.4. The van der Waals surface area contributed by atoms with Gasteiger partial charge in [-0.1, -0.05) is 12.1 Å². The molecule has 1 saturated heterocycles. The summed E-state index contributed by atoms with van der Waals surface area (Å²) in [5, 5.41) is 6.66. The SMILES string of the molecule is C[C@H](NC(=O)Cn1c(=O)[nH]c2ccccc2c1=O)C1CCC(Cl)CN1. The Morgan fingerprint density at radius 3 is 2.84 bits per heavy atom. The van der Waals surface area contributed by atoms with Gasteiger partial charge in [0.1, 0.15) is 6.54 Å². The van der Waals surface area contributed by atoms with E-state index in [1.807, 2.05) is 6.92 Å². The van der Waals surface area contributed by atoms with Crippen molar-refractivity contribution in [2.45, 2.75) is 43.8 Å². The predicted molar refractivity (Wildman–Crippen MR) is 97.1 cm³/mol. The summed E-state index contributed by atoms with van der Waals surface area (Å²) < 4.78 is 0.924. The molecule has 2 heterocycles. The Morgan fingerprint density at radius 2 is 2.12 bits per heavy atom. The van der Waals surface area contributed by atoms with E-state index in [4.69, 9.17) is 11.6 Å². The van der Waals surface area contributed by atoms with Crippen LogP contribution in [0.2, 0.25) is 0 Å². The molecule has 1 fully saturated rings. The second kappa shape index (κ2) is 7.41. The van der Waals surface area contributed by atoms with Gasteiger partial charge < -0.3 is 15.6 Å². The molecular weight excluding hydrogens is 344 g/mol. The summed E-state index contributed by atoms with van der Waals surface area (Å²) in [4.78, 5) is 39.5. The molecule has 0 radical (unpaired) electrons. The monoisotopic (exact) mass is 364 g/mol. The van der Waals surface area contributed by atoms with Crippen LogP contribution in [0.3, 0.4) is 0 Å². The number of benzene rings is 1. The fourth-order valence-electron chi connectivity index (χ4n) is 3.16. The van der Waals surface area contributed by atoms with Crippen molar-refractivity contribution in [2.24, 2.45) is 0 Å². The number of amides is 1. The number of hydrogen-bond donors (Lipinski definition) is 3. The van der Waals surface area contributed by atoms with E-state index >= 15 is 0 Å². The lowest BCUT2D eigenvalue weighted by atomic mass is 9.99. The van der Waals surface area contributed by atoms with Gasteiger partial charge >= 0.3 is 5.69 Å². The molecule has 2 aromatic rings. The van der Waals surface area contributed by atoms with Crippen molar-refractivity contribution in [2.75, 3.05) is 6.54 Å². The van der Waals surface area contributed by atoms with E-state index in [9.17, 15) is 14.4 Å². The first-order valence-electron chi connectivity index (χ1n) is 8.34. The summed E-state index contributed by atoms with van der Waals surface area (Å²) in [5.41, 5.74) is -0.597. The van der Waals surface area contributed by atoms with E-state index < -0.39 is 11.2 Å². The number of piperidine rings is 1. The van der Waals surface area contributed by atoms with Crippen molar-refractivity contribution in [1.82, 2.24) is 20.2 Å². The van der Waals surface area contributed by atoms with Gasteiger partial charge in [-0.15, -0.1) is 11.6 Å². The van der Waals surface area contributed by atoms with Crippen LogP contribution in [-0.4, -0.2) is 39.5 Å². The minimum atomic E-state index is -0.590. The lowest BCUT2D eigenvalue weighted by Gasteiger charge is -2.31. The topological polar surface area (TPSA) is 96.0 Å². The first-order chi connectivity index (χ1) is 12.0. The van der Waals surface area contributed by atoms with Crippen LogP contribution in [0.25, 0.3) is 10.9 Å². The highest BCUT2D eigenvalue weighted by molar-refractivity contribution is 6.20. The van der Waals surface area contributed by atoms with Crippen LogP contribution in [0.4, 0.5) is 0 Å². The Kier molecular flexibility index (Phi) is 5.24. The van der Waals surface area contributed by atoms with Crippen LogP contribution in [0.1, 0.15) is 19.8 Å². The Hall–Kier alpha value is -2.12. The number of carbonyl (C=O) groups excluding carboxylic acids is 1. The highest BCUT2D eigenvalue weighted by Gasteiger charge is 2.24. The van der Waals surface area contributed by atoms with Crippen LogP contribution < -0.4 is 21.9 Å². The first-order valence-corrected chi connectivity index (χ1v) is 8.78. The zero-order valence-corrected chi connectivity index (χ0v) is 14.7. The summed E-state index contributed by atoms with van der Waals surface area (Å²) in [5.74, 6) is -0.370. The largest absolute Gasteiger partial charge is 0.351 e. The lowest BCUT2D eigenvalue weighted by Crippen LogP contribution is -2.53. The molecule has 1 aliphatic rings. The molecule has 3 N–H and O–H groups in total. The van der Waals surface area contributed by atoms with E-state index in [1.54, 1.807) is 24.3 Å². The number of H-pyrrole nitrogens is 1. The molecule has 0 aliphatic carbocycles. The average Bonchev–Trinajstić information content (AvgIpc) is 2.59. The molecule has 0 spiro atoms. The average molecular weight is 365 g/mol. The maximum Gasteiger partial charge on any atom is 0.329 e. The van der Waals surface area contributed by atoms with Gasteiger partial charge in [0, 0.05) is 24.0 Å². The van der Waals surface area contributed by atoms with Gasteiger partial charge in [-0.25, -0.2) is 4.79 Å². The highest BCUT2D eigenvalue weighted by Crippen LogP contribution is 2.15. The standard InChI is InChI=1S/C17H21ClN4O3/c1-10(13-7-6-11(18)8-19-13)20-15(23)9-22-16(24)12-4-2-3-5-14(12)21-17(22)25/h2-5,10-11,13,19H,6-9H2,1H3,(H,20,23)(H,21,25)/t10-,11?,13?/m0/s1. The molecule has 1 aliphatic heterocycles. The molecule has 25 heavy (non-hydrogen) atoms. The predicted octanol–water partition coefficient (Wildman–Crippen LogP) is 0.554. The normalized spacial score (nSPS) is 21.8. The molecule has 0 bridgehead atoms. The summed E-state index contributed by atoms with van der Waals surface area (Å²) in [7, 11) is 0. The number of alkyl halides is 1. The van der Waals surface area contributed by atoms with Gasteiger partial charge in [-0.2, -0.15) is 0 Å². The van der Waals surface area contributed by atoms with Crippen LogP contribution in [-0.2, 0) is 11.3 Å².